The van der Waals surface area contributed by atoms with Crippen LogP contribution in [0.3, 0.4) is 0 Å². The van der Waals surface area contributed by atoms with E-state index in [-0.39, 0.29) is 17.6 Å². The minimum absolute atomic E-state index is 0.0333. The van der Waals surface area contributed by atoms with Crippen molar-refractivity contribution >= 4 is 21.6 Å². The second kappa shape index (κ2) is 6.48. The van der Waals surface area contributed by atoms with E-state index in [0.29, 0.717) is 11.6 Å². The predicted molar refractivity (Wildman–Crippen MR) is 87.4 cm³/mol. The highest BCUT2D eigenvalue weighted by atomic mass is 79.9. The normalized spacial score (nSPS) is 26.4. The Kier molecular flexibility index (Phi) is 4.64. The van der Waals surface area contributed by atoms with Crippen LogP contribution < -0.4 is 16.6 Å². The molecule has 0 saturated heterocycles. The SMILES string of the molecule is N[C@@H]1CCCC[C@H]1Nc1c(Br)cnn(CC2CCC2)c1=O. The Labute approximate surface area is 133 Å². The maximum Gasteiger partial charge on any atom is 0.291 e. The summed E-state index contributed by atoms with van der Waals surface area (Å²) in [6.45, 7) is 0.734. The molecule has 0 spiro atoms. The number of rotatable bonds is 4. The number of nitrogens with two attached hydrogens (primary N) is 1. The van der Waals surface area contributed by atoms with Gasteiger partial charge >= 0.3 is 0 Å². The van der Waals surface area contributed by atoms with E-state index in [1.54, 1.807) is 10.9 Å². The van der Waals surface area contributed by atoms with E-state index in [1.165, 1.54) is 32.1 Å². The van der Waals surface area contributed by atoms with Gasteiger partial charge in [-0.25, -0.2) is 4.68 Å². The van der Waals surface area contributed by atoms with Gasteiger partial charge in [-0.1, -0.05) is 19.3 Å². The summed E-state index contributed by atoms with van der Waals surface area (Å²) in [6.07, 6.45) is 9.82. The van der Waals surface area contributed by atoms with Gasteiger partial charge in [0.15, 0.2) is 0 Å². The van der Waals surface area contributed by atoms with E-state index in [0.717, 1.165) is 23.9 Å². The summed E-state index contributed by atoms with van der Waals surface area (Å²) in [5.74, 6) is 0.612. The Hall–Kier alpha value is -0.880. The molecule has 2 fully saturated rings. The van der Waals surface area contributed by atoms with Gasteiger partial charge in [-0.2, -0.15) is 5.10 Å². The number of nitrogens with one attached hydrogen (secondary N) is 1. The zero-order valence-corrected chi connectivity index (χ0v) is 13.8. The standard InChI is InChI=1S/C15H23BrN4O/c16-11-8-18-20(9-10-4-3-5-10)15(21)14(11)19-13-7-2-1-6-12(13)17/h8,10,12-13,19H,1-7,9,17H2/t12-,13-/m1/s1. The summed E-state index contributed by atoms with van der Waals surface area (Å²) >= 11 is 3.45. The van der Waals surface area contributed by atoms with Gasteiger partial charge in [-0.3, -0.25) is 4.79 Å². The van der Waals surface area contributed by atoms with Gasteiger partial charge in [-0.15, -0.1) is 0 Å². The maximum atomic E-state index is 12.6. The summed E-state index contributed by atoms with van der Waals surface area (Å²) in [7, 11) is 0. The van der Waals surface area contributed by atoms with E-state index in [4.69, 9.17) is 5.73 Å². The lowest BCUT2D eigenvalue weighted by atomic mass is 9.85. The second-order valence-corrected chi connectivity index (χ2v) is 7.21. The van der Waals surface area contributed by atoms with Crippen molar-refractivity contribution in [2.24, 2.45) is 11.7 Å². The highest BCUT2D eigenvalue weighted by molar-refractivity contribution is 9.10. The minimum Gasteiger partial charge on any atom is -0.375 e. The van der Waals surface area contributed by atoms with Crippen molar-refractivity contribution in [3.63, 3.8) is 0 Å². The lowest BCUT2D eigenvalue weighted by molar-refractivity contribution is 0.261. The summed E-state index contributed by atoms with van der Waals surface area (Å²) in [5.41, 5.74) is 6.76. The van der Waals surface area contributed by atoms with E-state index in [1.807, 2.05) is 0 Å². The molecule has 0 aromatic carbocycles. The Morgan fingerprint density at radius 2 is 2.05 bits per heavy atom. The smallest absolute Gasteiger partial charge is 0.291 e. The molecule has 0 unspecified atom stereocenters. The summed E-state index contributed by atoms with van der Waals surface area (Å²) in [5, 5.41) is 7.63. The Bertz CT molecular complexity index is 555. The van der Waals surface area contributed by atoms with E-state index in [9.17, 15) is 4.79 Å². The van der Waals surface area contributed by atoms with Crippen molar-refractivity contribution in [3.05, 3.63) is 21.0 Å². The highest BCUT2D eigenvalue weighted by Crippen LogP contribution is 2.28. The first-order valence-electron chi connectivity index (χ1n) is 7.93. The molecule has 2 saturated carbocycles. The monoisotopic (exact) mass is 354 g/mol. The molecular weight excluding hydrogens is 332 g/mol. The zero-order valence-electron chi connectivity index (χ0n) is 12.2. The average Bonchev–Trinajstić information content (AvgIpc) is 2.42. The Morgan fingerprint density at radius 3 is 2.71 bits per heavy atom. The van der Waals surface area contributed by atoms with Crippen LogP contribution in [0.4, 0.5) is 5.69 Å². The minimum atomic E-state index is -0.0333. The van der Waals surface area contributed by atoms with Crippen LogP contribution in [0.5, 0.6) is 0 Å². The third-order valence-corrected chi connectivity index (χ3v) is 5.40. The summed E-state index contributed by atoms with van der Waals surface area (Å²) in [4.78, 5) is 12.6. The maximum absolute atomic E-state index is 12.6. The van der Waals surface area contributed by atoms with Crippen LogP contribution in [0.1, 0.15) is 44.9 Å². The lowest BCUT2D eigenvalue weighted by Crippen LogP contribution is -2.44. The van der Waals surface area contributed by atoms with E-state index >= 15 is 0 Å². The molecule has 0 amide bonds. The van der Waals surface area contributed by atoms with Gasteiger partial charge in [0, 0.05) is 18.6 Å². The highest BCUT2D eigenvalue weighted by Gasteiger charge is 2.25. The largest absolute Gasteiger partial charge is 0.375 e. The van der Waals surface area contributed by atoms with Crippen LogP contribution in [0, 0.1) is 5.92 Å². The van der Waals surface area contributed by atoms with Crippen LogP contribution in [-0.4, -0.2) is 21.9 Å². The molecule has 2 atom stereocenters. The molecule has 0 bridgehead atoms. The van der Waals surface area contributed by atoms with Crippen LogP contribution in [0.15, 0.2) is 15.5 Å². The van der Waals surface area contributed by atoms with Crippen molar-refractivity contribution in [1.29, 1.82) is 0 Å². The first-order chi connectivity index (χ1) is 10.1. The fraction of sp³-hybridized carbons (Fsp3) is 0.733. The van der Waals surface area contributed by atoms with Crippen LogP contribution >= 0.6 is 15.9 Å². The van der Waals surface area contributed by atoms with Crippen molar-refractivity contribution < 1.29 is 0 Å². The molecule has 0 aliphatic heterocycles. The van der Waals surface area contributed by atoms with Gasteiger partial charge < -0.3 is 11.1 Å². The second-order valence-electron chi connectivity index (χ2n) is 6.35. The molecule has 2 aliphatic rings. The van der Waals surface area contributed by atoms with Gasteiger partial charge in [0.05, 0.1) is 10.7 Å². The number of halogens is 1. The zero-order chi connectivity index (χ0) is 14.8. The van der Waals surface area contributed by atoms with Crippen molar-refractivity contribution in [2.75, 3.05) is 5.32 Å². The van der Waals surface area contributed by atoms with Crippen molar-refractivity contribution in [1.82, 2.24) is 9.78 Å². The van der Waals surface area contributed by atoms with E-state index < -0.39 is 0 Å². The van der Waals surface area contributed by atoms with Crippen LogP contribution in [0.2, 0.25) is 0 Å². The number of nitrogens with zero attached hydrogens (tertiary/aromatic N) is 2. The first kappa shape index (κ1) is 15.0. The number of anilines is 1. The lowest BCUT2D eigenvalue weighted by Gasteiger charge is -2.30. The number of hydrogen-bond acceptors (Lipinski definition) is 4. The molecule has 6 heteroatoms. The van der Waals surface area contributed by atoms with Gasteiger partial charge in [0.1, 0.15) is 5.69 Å². The predicted octanol–water partition coefficient (Wildman–Crippen LogP) is 2.49. The average molecular weight is 355 g/mol. The molecular formula is C15H23BrN4O. The molecule has 0 radical (unpaired) electrons. The van der Waals surface area contributed by atoms with Crippen molar-refractivity contribution in [3.8, 4) is 0 Å². The molecule has 1 heterocycles. The molecule has 5 nitrogen and oxygen atoms in total. The third kappa shape index (κ3) is 3.31. The molecule has 21 heavy (non-hydrogen) atoms. The fourth-order valence-electron chi connectivity index (χ4n) is 3.17. The number of aromatic nitrogens is 2. The molecule has 3 N–H and O–H groups in total. The molecule has 2 aliphatic carbocycles. The molecule has 1 aromatic heterocycles. The molecule has 3 rings (SSSR count). The Balaban J connectivity index is 1.79. The van der Waals surface area contributed by atoms with Crippen molar-refractivity contribution in [2.45, 2.75) is 63.6 Å². The van der Waals surface area contributed by atoms with Gasteiger partial charge in [0.2, 0.25) is 0 Å². The molecule has 1 aromatic rings. The first-order valence-corrected chi connectivity index (χ1v) is 8.72. The van der Waals surface area contributed by atoms with Crippen LogP contribution in [-0.2, 0) is 6.54 Å². The number of hydrogen-bond donors (Lipinski definition) is 2. The quantitative estimate of drug-likeness (QED) is 0.870. The topological polar surface area (TPSA) is 72.9 Å². The van der Waals surface area contributed by atoms with Crippen LogP contribution in [0.25, 0.3) is 0 Å². The summed E-state index contributed by atoms with van der Waals surface area (Å²) in [6, 6.07) is 0.306. The van der Waals surface area contributed by atoms with E-state index in [2.05, 4.69) is 26.3 Å². The fourth-order valence-corrected chi connectivity index (χ4v) is 3.55. The van der Waals surface area contributed by atoms with Gasteiger partial charge in [0.25, 0.3) is 5.56 Å². The summed E-state index contributed by atoms with van der Waals surface area (Å²) < 4.78 is 2.33. The Morgan fingerprint density at radius 1 is 1.29 bits per heavy atom. The van der Waals surface area contributed by atoms with Gasteiger partial charge in [-0.05, 0) is 47.5 Å². The third-order valence-electron chi connectivity index (χ3n) is 4.80. The molecule has 116 valence electrons.